The third kappa shape index (κ3) is 11.2. The maximum absolute atomic E-state index is 14.9. The van der Waals surface area contributed by atoms with Gasteiger partial charge >= 0.3 is 0 Å². The zero-order chi connectivity index (χ0) is 61.1. The minimum atomic E-state index is -1.23. The van der Waals surface area contributed by atoms with E-state index in [1.165, 1.54) is 28.5 Å². The Morgan fingerprint density at radius 3 is 1.52 bits per heavy atom. The highest BCUT2D eigenvalue weighted by Crippen LogP contribution is 2.64. The van der Waals surface area contributed by atoms with Gasteiger partial charge in [-0.3, -0.25) is 9.59 Å². The molecule has 3 aliphatic rings. The fraction of sp³-hybridized carbons (Fsp3) is 0.362. The zero-order valence-corrected chi connectivity index (χ0v) is 52.0. The summed E-state index contributed by atoms with van der Waals surface area (Å²) in [6.45, 7) is 13.8. The number of benzene rings is 3. The number of halogens is 4. The van der Waals surface area contributed by atoms with Crippen molar-refractivity contribution in [1.82, 2.24) is 8.75 Å². The highest BCUT2D eigenvalue weighted by molar-refractivity contribution is 7.28. The van der Waals surface area contributed by atoms with Gasteiger partial charge in [-0.05, 0) is 114 Å². The van der Waals surface area contributed by atoms with Gasteiger partial charge in [0, 0.05) is 74.3 Å². The molecular weight excluding hydrogens is 1170 g/mol. The largest absolute Gasteiger partial charge is 0.492 e. The molecular formula is C69H62F4N6O3S4. The highest BCUT2D eigenvalue weighted by atomic mass is 32.1. The molecule has 3 atom stereocenters. The van der Waals surface area contributed by atoms with Crippen LogP contribution in [0.1, 0.15) is 185 Å². The first-order chi connectivity index (χ1) is 41.6. The molecule has 0 aliphatic heterocycles. The van der Waals surface area contributed by atoms with Crippen LogP contribution in [0, 0.1) is 86.3 Å². The first-order valence-electron chi connectivity index (χ1n) is 29.6. The van der Waals surface area contributed by atoms with E-state index in [1.807, 2.05) is 42.5 Å². The predicted molar refractivity (Wildman–Crippen MR) is 336 cm³/mol. The molecule has 7 aromatic rings. The molecule has 0 amide bonds. The molecule has 3 aliphatic carbocycles. The van der Waals surface area contributed by atoms with Crippen molar-refractivity contribution in [3.63, 3.8) is 0 Å². The van der Waals surface area contributed by atoms with Crippen molar-refractivity contribution in [3.05, 3.63) is 144 Å². The predicted octanol–water partition coefficient (Wildman–Crippen LogP) is 20.0. The number of hydrogen-bond acceptors (Lipinski definition) is 13. The number of nitrogens with zero attached hydrogens (tertiary/aromatic N) is 6. The molecule has 0 saturated heterocycles. The van der Waals surface area contributed by atoms with Gasteiger partial charge in [-0.15, -0.1) is 34.0 Å². The molecule has 0 spiro atoms. The van der Waals surface area contributed by atoms with E-state index in [0.29, 0.717) is 45.7 Å². The number of aromatic nitrogens is 2. The molecule has 17 heteroatoms. The van der Waals surface area contributed by atoms with E-state index in [4.69, 9.17) is 13.5 Å². The molecule has 0 N–H and O–H groups in total. The van der Waals surface area contributed by atoms with Crippen molar-refractivity contribution in [3.8, 4) is 60.0 Å². The van der Waals surface area contributed by atoms with Gasteiger partial charge in [-0.2, -0.15) is 29.8 Å². The lowest BCUT2D eigenvalue weighted by Crippen LogP contribution is -2.31. The smallest absolute Gasteiger partial charge is 0.194 e. The first-order valence-corrected chi connectivity index (χ1v) is 32.7. The van der Waals surface area contributed by atoms with Crippen LogP contribution >= 0.6 is 45.7 Å². The summed E-state index contributed by atoms with van der Waals surface area (Å²) in [5, 5.41) is 40.3. The number of hydrogen-bond donors (Lipinski definition) is 0. The highest BCUT2D eigenvalue weighted by Gasteiger charge is 2.49. The van der Waals surface area contributed by atoms with Gasteiger partial charge in [-0.1, -0.05) is 124 Å². The maximum Gasteiger partial charge on any atom is 0.194 e. The zero-order valence-electron chi connectivity index (χ0n) is 48.7. The van der Waals surface area contributed by atoms with Crippen molar-refractivity contribution in [1.29, 1.82) is 21.0 Å². The van der Waals surface area contributed by atoms with E-state index >= 15 is 0 Å². The van der Waals surface area contributed by atoms with Gasteiger partial charge in [0.25, 0.3) is 0 Å². The third-order valence-corrected chi connectivity index (χ3v) is 21.7. The quantitative estimate of drug-likeness (QED) is 0.0344. The maximum atomic E-state index is 14.9. The summed E-state index contributed by atoms with van der Waals surface area (Å²) in [4.78, 5) is 34.0. The molecule has 0 radical (unpaired) electrons. The average Bonchev–Trinajstić information content (AvgIpc) is 1.57. The van der Waals surface area contributed by atoms with E-state index in [1.54, 1.807) is 28.7 Å². The number of ether oxygens (including phenoxy) is 1. The minimum Gasteiger partial charge on any atom is -0.492 e. The number of nitriles is 4. The summed E-state index contributed by atoms with van der Waals surface area (Å²) in [6.07, 6.45) is 17.5. The fourth-order valence-electron chi connectivity index (χ4n) is 12.7. The molecule has 4 aromatic heterocycles. The van der Waals surface area contributed by atoms with Crippen LogP contribution < -0.4 is 4.74 Å². The third-order valence-electron chi connectivity index (χ3n) is 17.4. The van der Waals surface area contributed by atoms with Crippen LogP contribution in [0.3, 0.4) is 0 Å². The van der Waals surface area contributed by atoms with E-state index in [-0.39, 0.29) is 50.5 Å². The monoisotopic (exact) mass is 1230 g/mol. The van der Waals surface area contributed by atoms with Crippen molar-refractivity contribution >= 4 is 91.6 Å². The topological polar surface area (TPSA) is 164 Å². The van der Waals surface area contributed by atoms with Gasteiger partial charge in [0.15, 0.2) is 34.8 Å². The number of carbonyl (C=O) groups excluding carboxylic acids is 2. The van der Waals surface area contributed by atoms with Crippen LogP contribution in [0.25, 0.3) is 64.3 Å². The number of fused-ring (bicyclic) bond motifs is 6. The van der Waals surface area contributed by atoms with Crippen LogP contribution in [0.2, 0.25) is 0 Å². The standard InChI is InChI=1S/C69H62F4N6O3S4/c1-7-13-16-37(10-4)30-69(31-38(11-5)17-14-8-2)51-28-58(44-20-19-40(62-63(44)79-86-78-62)21-49-60(41(32-74)33-75)45-24-53(70)55(72)26-47(45)64(49)80)84-66(51)67-52(69)29-59(85-67)68-57(82-36-39(12-6)18-15-9-3)23-43(83-68)22-50-61(42(34-76)35-77)46-25-54(71)56(73)27-48(46)65(50)81/h19-29,37-39H,7-18,30-31,36H2,1-6H3/b49-21-,50-22-. The summed E-state index contributed by atoms with van der Waals surface area (Å²) in [7, 11) is 0. The van der Waals surface area contributed by atoms with Crippen LogP contribution in [0.15, 0.2) is 76.9 Å². The number of unbranched alkanes of at least 4 members (excludes halogenated alkanes) is 3. The normalized spacial score (nSPS) is 16.9. The second-order valence-corrected chi connectivity index (χ2v) is 26.3. The minimum absolute atomic E-state index is 0.00978. The van der Waals surface area contributed by atoms with Gasteiger partial charge in [0.1, 0.15) is 52.2 Å². The van der Waals surface area contributed by atoms with E-state index in [2.05, 4.69) is 53.7 Å². The van der Waals surface area contributed by atoms with Crippen LogP contribution in [0.5, 0.6) is 5.75 Å². The van der Waals surface area contributed by atoms with E-state index in [9.17, 15) is 48.2 Å². The molecule has 0 fully saturated rings. The van der Waals surface area contributed by atoms with Gasteiger partial charge in [-0.25, -0.2) is 17.6 Å². The van der Waals surface area contributed by atoms with Crippen molar-refractivity contribution in [2.45, 2.75) is 137 Å². The van der Waals surface area contributed by atoms with Gasteiger partial charge in [0.05, 0.1) is 23.2 Å². The molecule has 4 heterocycles. The molecule has 438 valence electrons. The molecule has 0 saturated carbocycles. The Morgan fingerprint density at radius 1 is 0.558 bits per heavy atom. The lowest BCUT2D eigenvalue weighted by molar-refractivity contribution is 0.103. The van der Waals surface area contributed by atoms with Crippen LogP contribution in [-0.4, -0.2) is 26.9 Å². The average molecular weight is 1230 g/mol. The molecule has 3 aromatic carbocycles. The first kappa shape index (κ1) is 61.4. The number of ketones is 2. The Morgan fingerprint density at radius 2 is 1.02 bits per heavy atom. The van der Waals surface area contributed by atoms with Crippen LogP contribution in [-0.2, 0) is 5.41 Å². The van der Waals surface area contributed by atoms with Gasteiger partial charge < -0.3 is 4.74 Å². The molecule has 3 unspecified atom stereocenters. The fourth-order valence-corrected chi connectivity index (χ4v) is 17.2. The second-order valence-electron chi connectivity index (χ2n) is 22.6. The Hall–Kier alpha value is -7.64. The van der Waals surface area contributed by atoms with E-state index < -0.39 is 51.4 Å². The molecule has 9 nitrogen and oxygen atoms in total. The summed E-state index contributed by atoms with van der Waals surface area (Å²) < 4.78 is 75.5. The van der Waals surface area contributed by atoms with Crippen molar-refractivity contribution in [2.75, 3.05) is 6.61 Å². The Labute approximate surface area is 515 Å². The van der Waals surface area contributed by atoms with Crippen molar-refractivity contribution < 1.29 is 31.9 Å². The second kappa shape index (κ2) is 26.1. The number of allylic oxidation sites excluding steroid dienone is 6. The number of thiophene rings is 3. The van der Waals surface area contributed by atoms with Crippen LogP contribution in [0.4, 0.5) is 17.6 Å². The lowest BCUT2D eigenvalue weighted by Gasteiger charge is -2.37. The Balaban J connectivity index is 1.16. The summed E-state index contributed by atoms with van der Waals surface area (Å²) >= 11 is 5.83. The van der Waals surface area contributed by atoms with Gasteiger partial charge in [0.2, 0.25) is 0 Å². The summed E-state index contributed by atoms with van der Waals surface area (Å²) in [6, 6.07) is 21.2. The number of rotatable bonds is 23. The molecule has 0 bridgehead atoms. The number of Topliss-reactive ketones (excluding diaryl/α,β-unsaturated/α-hetero) is 2. The lowest BCUT2D eigenvalue weighted by atomic mass is 9.65. The summed E-state index contributed by atoms with van der Waals surface area (Å²) in [5.41, 5.74) is 3.17. The summed E-state index contributed by atoms with van der Waals surface area (Å²) in [5.74, 6) is -4.42. The molecule has 86 heavy (non-hydrogen) atoms. The Bertz CT molecular complexity index is 4130. The van der Waals surface area contributed by atoms with Crippen molar-refractivity contribution in [2.24, 2.45) is 17.8 Å². The molecule has 10 rings (SSSR count). The SMILES string of the molecule is CCCCC(CC)COc1cc(/C=C2\C(=O)c3cc(F)c(F)cc3C2=C(C#N)C#N)sc1-c1cc2c(s1)-c1sc(-c3ccc(/C=C4\C(=O)c5cc(F)c(F)cc5C4=C(C#N)C#N)c4nsnc34)cc1C2(CC(CC)CCCC)CC(CC)CCCC. The van der Waals surface area contributed by atoms with E-state index in [0.717, 1.165) is 156 Å². The number of carbonyl (C=O) groups is 2. The Kier molecular flexibility index (Phi) is 18.7.